The molecule has 2 aromatic carbocycles. The van der Waals surface area contributed by atoms with Crippen LogP contribution in [-0.2, 0) is 22.4 Å². The lowest BCUT2D eigenvalue weighted by Crippen LogP contribution is -2.50. The van der Waals surface area contributed by atoms with E-state index in [9.17, 15) is 19.8 Å². The maximum Gasteiger partial charge on any atom is 0.407 e. The Morgan fingerprint density at radius 3 is 2.08 bits per heavy atom. The number of carbonyl (C=O) groups excluding carboxylic acids is 2. The Kier molecular flexibility index (Phi) is 10.5. The molecule has 1 fully saturated rings. The van der Waals surface area contributed by atoms with Crippen LogP contribution in [0.25, 0.3) is 0 Å². The maximum absolute atomic E-state index is 13.4. The molecule has 0 spiro atoms. The number of benzene rings is 2. The zero-order chi connectivity index (χ0) is 26.8. The fourth-order valence-corrected chi connectivity index (χ4v) is 4.83. The van der Waals surface area contributed by atoms with Gasteiger partial charge in [-0.25, -0.2) is 4.79 Å². The van der Waals surface area contributed by atoms with Crippen molar-refractivity contribution in [2.45, 2.75) is 95.6 Å². The van der Waals surface area contributed by atoms with E-state index in [4.69, 9.17) is 4.74 Å². The van der Waals surface area contributed by atoms with Crippen LogP contribution in [0.5, 0.6) is 0 Å². The highest BCUT2D eigenvalue weighted by molar-refractivity contribution is 5.79. The van der Waals surface area contributed by atoms with Gasteiger partial charge in [-0.1, -0.05) is 73.5 Å². The summed E-state index contributed by atoms with van der Waals surface area (Å²) in [4.78, 5) is 26.1. The molecule has 37 heavy (non-hydrogen) atoms. The first-order valence-electron chi connectivity index (χ1n) is 13.3. The van der Waals surface area contributed by atoms with Gasteiger partial charge in [-0.2, -0.15) is 0 Å². The number of hydrogen-bond donors (Lipinski definition) is 4. The van der Waals surface area contributed by atoms with Crippen molar-refractivity contribution in [3.63, 3.8) is 0 Å². The van der Waals surface area contributed by atoms with Gasteiger partial charge in [-0.15, -0.1) is 0 Å². The summed E-state index contributed by atoms with van der Waals surface area (Å²) in [5.74, 6) is -0.727. The topological polar surface area (TPSA) is 108 Å². The lowest BCUT2D eigenvalue weighted by atomic mass is 9.87. The number of carbonyl (C=O) groups is 2. The molecular weight excluding hydrogens is 468 g/mol. The molecular formula is C30H42N2O5. The number of rotatable bonds is 10. The first kappa shape index (κ1) is 28.7. The number of nitrogens with one attached hydrogen (secondary N) is 2. The Bertz CT molecular complexity index is 976. The van der Waals surface area contributed by atoms with E-state index in [1.807, 2.05) is 60.7 Å². The Balaban J connectivity index is 1.77. The van der Waals surface area contributed by atoms with Gasteiger partial charge in [0.2, 0.25) is 5.91 Å². The number of amides is 2. The van der Waals surface area contributed by atoms with Crippen molar-refractivity contribution in [3.05, 3.63) is 71.8 Å². The van der Waals surface area contributed by atoms with E-state index in [0.717, 1.165) is 30.4 Å². The summed E-state index contributed by atoms with van der Waals surface area (Å²) < 4.78 is 5.45. The molecule has 4 N–H and O–H groups in total. The standard InChI is InChI=1S/C30H42N2O5/c1-30(2,3)37-29(36)32-25(19-22-14-8-5-9-15-22)27(34)20-23(18-21-12-6-4-7-13-21)28(35)31-24-16-10-11-17-26(24)33/h4-9,12-15,23-27,33-34H,10-11,16-20H2,1-3H3,(H,31,35)(H,32,36)/t23-,24?,25+,26+,27+/m1/s1. The third-order valence-corrected chi connectivity index (χ3v) is 6.74. The molecule has 3 rings (SSSR count). The van der Waals surface area contributed by atoms with Crippen molar-refractivity contribution in [3.8, 4) is 0 Å². The summed E-state index contributed by atoms with van der Waals surface area (Å²) in [6, 6.07) is 18.4. The van der Waals surface area contributed by atoms with Crippen LogP contribution in [-0.4, -0.2) is 52.1 Å². The quantitative estimate of drug-likeness (QED) is 0.384. The largest absolute Gasteiger partial charge is 0.444 e. The molecule has 0 aliphatic heterocycles. The minimum absolute atomic E-state index is 0.150. The third kappa shape index (κ3) is 9.82. The second kappa shape index (κ2) is 13.6. The number of aliphatic hydroxyl groups is 2. The van der Waals surface area contributed by atoms with Crippen molar-refractivity contribution in [2.75, 3.05) is 0 Å². The molecule has 0 saturated heterocycles. The van der Waals surface area contributed by atoms with Gasteiger partial charge in [0.1, 0.15) is 5.60 Å². The second-order valence-electron chi connectivity index (χ2n) is 11.1. The molecule has 1 unspecified atom stereocenters. The zero-order valence-corrected chi connectivity index (χ0v) is 22.2. The summed E-state index contributed by atoms with van der Waals surface area (Å²) in [6.07, 6.45) is 2.16. The Hall–Kier alpha value is -2.90. The molecule has 5 atom stereocenters. The van der Waals surface area contributed by atoms with E-state index >= 15 is 0 Å². The molecule has 202 valence electrons. The number of aliphatic hydroxyl groups excluding tert-OH is 2. The highest BCUT2D eigenvalue weighted by Crippen LogP contribution is 2.22. The molecule has 0 bridgehead atoms. The molecule has 2 amide bonds. The summed E-state index contributed by atoms with van der Waals surface area (Å²) in [7, 11) is 0. The van der Waals surface area contributed by atoms with Crippen molar-refractivity contribution in [1.29, 1.82) is 0 Å². The number of ether oxygens (including phenoxy) is 1. The van der Waals surface area contributed by atoms with E-state index in [2.05, 4.69) is 10.6 Å². The van der Waals surface area contributed by atoms with Gasteiger partial charge in [0.05, 0.1) is 24.3 Å². The van der Waals surface area contributed by atoms with Gasteiger partial charge >= 0.3 is 6.09 Å². The average Bonchev–Trinajstić information content (AvgIpc) is 2.84. The fraction of sp³-hybridized carbons (Fsp3) is 0.533. The fourth-order valence-electron chi connectivity index (χ4n) is 4.83. The number of hydrogen-bond acceptors (Lipinski definition) is 5. The summed E-state index contributed by atoms with van der Waals surface area (Å²) >= 11 is 0. The van der Waals surface area contributed by atoms with Crippen molar-refractivity contribution >= 4 is 12.0 Å². The van der Waals surface area contributed by atoms with Gasteiger partial charge in [0.15, 0.2) is 0 Å². The first-order valence-corrected chi connectivity index (χ1v) is 13.3. The van der Waals surface area contributed by atoms with E-state index in [-0.39, 0.29) is 18.4 Å². The van der Waals surface area contributed by atoms with Crippen LogP contribution in [0.2, 0.25) is 0 Å². The van der Waals surface area contributed by atoms with Crippen LogP contribution in [0.3, 0.4) is 0 Å². The van der Waals surface area contributed by atoms with E-state index in [1.54, 1.807) is 20.8 Å². The minimum atomic E-state index is -0.997. The van der Waals surface area contributed by atoms with Gasteiger partial charge in [-0.05, 0) is 64.0 Å². The zero-order valence-electron chi connectivity index (χ0n) is 22.2. The summed E-state index contributed by atoms with van der Waals surface area (Å²) in [5.41, 5.74) is 1.26. The Morgan fingerprint density at radius 1 is 0.946 bits per heavy atom. The molecule has 0 radical (unpaired) electrons. The van der Waals surface area contributed by atoms with Crippen LogP contribution < -0.4 is 10.6 Å². The van der Waals surface area contributed by atoms with Gasteiger partial charge in [0.25, 0.3) is 0 Å². The Morgan fingerprint density at radius 2 is 1.51 bits per heavy atom. The van der Waals surface area contributed by atoms with E-state index in [1.165, 1.54) is 0 Å². The summed E-state index contributed by atoms with van der Waals surface area (Å²) in [5, 5.41) is 27.6. The highest BCUT2D eigenvalue weighted by Gasteiger charge is 2.32. The maximum atomic E-state index is 13.4. The predicted octanol–water partition coefficient (Wildman–Crippen LogP) is 4.15. The van der Waals surface area contributed by atoms with Gasteiger partial charge < -0.3 is 25.6 Å². The molecule has 7 heteroatoms. The molecule has 0 aromatic heterocycles. The molecule has 2 aromatic rings. The lowest BCUT2D eigenvalue weighted by Gasteiger charge is -2.32. The number of alkyl carbamates (subject to hydrolysis) is 1. The molecule has 1 aliphatic rings. The van der Waals surface area contributed by atoms with Crippen molar-refractivity contribution in [1.82, 2.24) is 10.6 Å². The van der Waals surface area contributed by atoms with E-state index in [0.29, 0.717) is 19.3 Å². The molecule has 7 nitrogen and oxygen atoms in total. The highest BCUT2D eigenvalue weighted by atomic mass is 16.6. The smallest absolute Gasteiger partial charge is 0.407 e. The van der Waals surface area contributed by atoms with Crippen LogP contribution in [0, 0.1) is 5.92 Å². The third-order valence-electron chi connectivity index (χ3n) is 6.74. The average molecular weight is 511 g/mol. The van der Waals surface area contributed by atoms with E-state index < -0.39 is 35.9 Å². The van der Waals surface area contributed by atoms with Crippen molar-refractivity contribution in [2.24, 2.45) is 5.92 Å². The predicted molar refractivity (Wildman–Crippen MR) is 144 cm³/mol. The van der Waals surface area contributed by atoms with Gasteiger partial charge in [-0.3, -0.25) is 4.79 Å². The van der Waals surface area contributed by atoms with Crippen LogP contribution in [0.1, 0.15) is 64.0 Å². The monoisotopic (exact) mass is 510 g/mol. The molecule has 1 aliphatic carbocycles. The van der Waals surface area contributed by atoms with Crippen LogP contribution in [0.4, 0.5) is 4.79 Å². The first-order chi connectivity index (χ1) is 17.6. The van der Waals surface area contributed by atoms with Crippen LogP contribution in [0.15, 0.2) is 60.7 Å². The second-order valence-corrected chi connectivity index (χ2v) is 11.1. The lowest BCUT2D eigenvalue weighted by molar-refractivity contribution is -0.128. The molecule has 0 heterocycles. The molecule has 1 saturated carbocycles. The van der Waals surface area contributed by atoms with Gasteiger partial charge in [0, 0.05) is 5.92 Å². The summed E-state index contributed by atoms with van der Waals surface area (Å²) in [6.45, 7) is 5.36. The SMILES string of the molecule is CC(C)(C)OC(=O)N[C@@H](Cc1ccccc1)[C@@H](O)C[C@@H](Cc1ccccc1)C(=O)NC1CCCC[C@@H]1O. The normalized spacial score (nSPS) is 20.4. The van der Waals surface area contributed by atoms with Crippen LogP contribution >= 0.6 is 0 Å². The van der Waals surface area contributed by atoms with Crippen molar-refractivity contribution < 1.29 is 24.5 Å². The Labute approximate surface area is 220 Å². The minimum Gasteiger partial charge on any atom is -0.444 e.